The van der Waals surface area contributed by atoms with Crippen LogP contribution in [0.3, 0.4) is 0 Å². The molecule has 1 aromatic carbocycles. The fourth-order valence-corrected chi connectivity index (χ4v) is 3.30. The summed E-state index contributed by atoms with van der Waals surface area (Å²) in [6.45, 7) is 5.45. The zero-order chi connectivity index (χ0) is 20.8. The number of aromatic nitrogens is 2. The molecule has 29 heavy (non-hydrogen) atoms. The van der Waals surface area contributed by atoms with Gasteiger partial charge in [-0.3, -0.25) is 14.8 Å². The minimum absolute atomic E-state index is 0.0866. The van der Waals surface area contributed by atoms with Crippen LogP contribution in [0.1, 0.15) is 20.3 Å². The molecule has 0 radical (unpaired) electrons. The molecule has 3 aromatic rings. The Kier molecular flexibility index (Phi) is 6.59. The summed E-state index contributed by atoms with van der Waals surface area (Å²) in [5.41, 5.74) is 1.24. The van der Waals surface area contributed by atoms with E-state index >= 15 is 0 Å². The van der Waals surface area contributed by atoms with Gasteiger partial charge in [-0.25, -0.2) is 4.39 Å². The maximum Gasteiger partial charge on any atom is 0.310 e. The minimum Gasteiger partial charge on any atom is -0.469 e. The van der Waals surface area contributed by atoms with Crippen LogP contribution in [0.4, 0.5) is 10.1 Å². The molecule has 2 aromatic heterocycles. The first-order valence-electron chi connectivity index (χ1n) is 9.64. The Morgan fingerprint density at radius 1 is 1.17 bits per heavy atom. The summed E-state index contributed by atoms with van der Waals surface area (Å²) in [7, 11) is 1.42. The molecule has 0 saturated carbocycles. The number of anilines is 1. The summed E-state index contributed by atoms with van der Waals surface area (Å²) in [5, 5.41) is 0.516. The molecule has 7 heteroatoms. The van der Waals surface area contributed by atoms with Crippen molar-refractivity contribution >= 4 is 22.6 Å². The van der Waals surface area contributed by atoms with Crippen LogP contribution in [-0.2, 0) is 9.53 Å². The zero-order valence-corrected chi connectivity index (χ0v) is 16.8. The lowest BCUT2D eigenvalue weighted by Crippen LogP contribution is -2.23. The Morgan fingerprint density at radius 3 is 2.66 bits per heavy atom. The molecule has 1 aliphatic heterocycles. The number of carbonyl (C=O) groups is 1. The molecule has 4 rings (SSSR count). The maximum absolute atomic E-state index is 13.8. The Bertz CT molecular complexity index is 979. The van der Waals surface area contributed by atoms with Crippen molar-refractivity contribution in [2.75, 3.05) is 25.1 Å². The van der Waals surface area contributed by atoms with E-state index in [9.17, 15) is 9.18 Å². The van der Waals surface area contributed by atoms with Crippen molar-refractivity contribution < 1.29 is 18.7 Å². The van der Waals surface area contributed by atoms with E-state index < -0.39 is 5.82 Å². The number of methoxy groups -OCH3 is 1. The minimum atomic E-state index is -0.484. The van der Waals surface area contributed by atoms with Gasteiger partial charge in [0, 0.05) is 31.2 Å². The van der Waals surface area contributed by atoms with Gasteiger partial charge in [0.25, 0.3) is 0 Å². The number of benzene rings is 1. The highest BCUT2D eigenvalue weighted by molar-refractivity contribution is 5.84. The van der Waals surface area contributed by atoms with Gasteiger partial charge in [-0.15, -0.1) is 0 Å². The van der Waals surface area contributed by atoms with Gasteiger partial charge in [-0.1, -0.05) is 13.8 Å². The lowest BCUT2D eigenvalue weighted by atomic mass is 10.1. The van der Waals surface area contributed by atoms with E-state index in [4.69, 9.17) is 9.47 Å². The Hall–Kier alpha value is -3.22. The number of fused-ring (bicyclic) bond motifs is 1. The predicted molar refractivity (Wildman–Crippen MR) is 110 cm³/mol. The van der Waals surface area contributed by atoms with E-state index in [2.05, 4.69) is 14.9 Å². The summed E-state index contributed by atoms with van der Waals surface area (Å²) >= 11 is 0. The molecular weight excluding hydrogens is 373 g/mol. The Labute approximate surface area is 169 Å². The van der Waals surface area contributed by atoms with Crippen LogP contribution in [0, 0.1) is 11.7 Å². The van der Waals surface area contributed by atoms with Gasteiger partial charge in [0.2, 0.25) is 0 Å². The molecule has 0 amide bonds. The molecule has 0 aliphatic carbocycles. The lowest BCUT2D eigenvalue weighted by molar-refractivity contribution is -0.144. The van der Waals surface area contributed by atoms with E-state index in [1.807, 2.05) is 38.1 Å². The van der Waals surface area contributed by atoms with E-state index in [0.717, 1.165) is 24.8 Å². The number of pyridine rings is 2. The normalized spacial score (nSPS) is 15.6. The van der Waals surface area contributed by atoms with Crippen molar-refractivity contribution in [2.45, 2.75) is 20.3 Å². The lowest BCUT2D eigenvalue weighted by Gasteiger charge is -2.18. The van der Waals surface area contributed by atoms with Gasteiger partial charge in [0.1, 0.15) is 17.0 Å². The number of halogens is 1. The van der Waals surface area contributed by atoms with Crippen molar-refractivity contribution in [1.82, 2.24) is 9.97 Å². The fraction of sp³-hybridized carbons (Fsp3) is 0.318. The molecule has 1 fully saturated rings. The van der Waals surface area contributed by atoms with Gasteiger partial charge in [-0.2, -0.15) is 0 Å². The van der Waals surface area contributed by atoms with Crippen LogP contribution in [0.25, 0.3) is 10.9 Å². The highest BCUT2D eigenvalue weighted by atomic mass is 19.1. The highest BCUT2D eigenvalue weighted by Crippen LogP contribution is 2.31. The molecule has 1 atom stereocenters. The number of hydrogen-bond acceptors (Lipinski definition) is 6. The third-order valence-electron chi connectivity index (χ3n) is 4.72. The zero-order valence-electron chi connectivity index (χ0n) is 16.8. The van der Waals surface area contributed by atoms with Gasteiger partial charge >= 0.3 is 5.97 Å². The third-order valence-corrected chi connectivity index (χ3v) is 4.72. The molecule has 1 saturated heterocycles. The van der Waals surface area contributed by atoms with E-state index in [1.54, 1.807) is 6.07 Å². The molecule has 0 spiro atoms. The fourth-order valence-electron chi connectivity index (χ4n) is 3.30. The first kappa shape index (κ1) is 20.5. The van der Waals surface area contributed by atoms with Crippen LogP contribution in [0.2, 0.25) is 0 Å². The first-order chi connectivity index (χ1) is 14.2. The monoisotopic (exact) mass is 397 g/mol. The SMILES string of the molecule is CC.COC(=O)C1CCN(c2ccc(Oc3ccnc4c(F)cncc34)cc2)C1. The summed E-state index contributed by atoms with van der Waals surface area (Å²) in [5.74, 6) is 0.382. The number of esters is 1. The van der Waals surface area contributed by atoms with Gasteiger partial charge in [0.15, 0.2) is 5.82 Å². The van der Waals surface area contributed by atoms with Crippen LogP contribution in [0.15, 0.2) is 48.9 Å². The Balaban J connectivity index is 0.00000117. The van der Waals surface area contributed by atoms with Crippen LogP contribution in [0.5, 0.6) is 11.5 Å². The number of nitrogens with zero attached hydrogens (tertiary/aromatic N) is 3. The second-order valence-electron chi connectivity index (χ2n) is 6.38. The van der Waals surface area contributed by atoms with Gasteiger partial charge in [0.05, 0.1) is 24.6 Å². The quantitative estimate of drug-likeness (QED) is 0.600. The van der Waals surface area contributed by atoms with Crippen LogP contribution >= 0.6 is 0 Å². The average Bonchev–Trinajstić information content (AvgIpc) is 3.26. The molecule has 1 unspecified atom stereocenters. The average molecular weight is 397 g/mol. The van der Waals surface area contributed by atoms with Crippen molar-refractivity contribution in [3.8, 4) is 11.5 Å². The second-order valence-corrected chi connectivity index (χ2v) is 6.38. The van der Waals surface area contributed by atoms with Crippen molar-refractivity contribution in [3.05, 3.63) is 54.7 Å². The van der Waals surface area contributed by atoms with E-state index in [1.165, 1.54) is 19.5 Å². The van der Waals surface area contributed by atoms with Gasteiger partial charge in [-0.05, 0) is 36.8 Å². The topological polar surface area (TPSA) is 64.5 Å². The van der Waals surface area contributed by atoms with E-state index in [0.29, 0.717) is 23.4 Å². The number of hydrogen-bond donors (Lipinski definition) is 0. The summed E-state index contributed by atoms with van der Waals surface area (Å²) in [4.78, 5) is 21.7. The van der Waals surface area contributed by atoms with Gasteiger partial charge < -0.3 is 14.4 Å². The molecule has 1 aliphatic rings. The number of carbonyl (C=O) groups excluding carboxylic acids is 1. The van der Waals surface area contributed by atoms with Crippen molar-refractivity contribution in [1.29, 1.82) is 0 Å². The van der Waals surface area contributed by atoms with Crippen LogP contribution in [-0.4, -0.2) is 36.1 Å². The summed E-state index contributed by atoms with van der Waals surface area (Å²) in [6.07, 6.45) is 4.95. The number of ether oxygens (including phenoxy) is 2. The molecule has 3 heterocycles. The molecule has 0 N–H and O–H groups in total. The third kappa shape index (κ3) is 4.45. The molecule has 0 bridgehead atoms. The largest absolute Gasteiger partial charge is 0.469 e. The first-order valence-corrected chi connectivity index (χ1v) is 9.64. The summed E-state index contributed by atoms with van der Waals surface area (Å²) < 4.78 is 24.6. The molecule has 152 valence electrons. The number of rotatable bonds is 4. The van der Waals surface area contributed by atoms with E-state index in [-0.39, 0.29) is 17.4 Å². The molecular formula is C22H24FN3O3. The second kappa shape index (κ2) is 9.32. The summed E-state index contributed by atoms with van der Waals surface area (Å²) in [6, 6.07) is 9.26. The Morgan fingerprint density at radius 2 is 1.93 bits per heavy atom. The predicted octanol–water partition coefficient (Wildman–Crippen LogP) is 4.59. The highest BCUT2D eigenvalue weighted by Gasteiger charge is 2.29. The standard InChI is InChI=1S/C20H18FN3O3.C2H6/c1-26-20(25)13-7-9-24(12-13)14-2-4-15(5-3-14)27-18-6-8-23-19-16(18)10-22-11-17(19)21;1-2/h2-6,8,10-11,13H,7,9,12H2,1H3;1-2H3. The molecule has 6 nitrogen and oxygen atoms in total. The van der Waals surface area contributed by atoms with Crippen molar-refractivity contribution in [2.24, 2.45) is 5.92 Å². The van der Waals surface area contributed by atoms with Crippen LogP contribution < -0.4 is 9.64 Å². The smallest absolute Gasteiger partial charge is 0.310 e. The maximum atomic E-state index is 13.8. The van der Waals surface area contributed by atoms with Crippen molar-refractivity contribution in [3.63, 3.8) is 0 Å².